The van der Waals surface area contributed by atoms with Gasteiger partial charge in [-0.3, -0.25) is 14.9 Å². The SMILES string of the molecule is CC(=O)Nc1ccc(Oc2cc(Oc3ccc(F)cc3)cc([N+](=O)[O-])c2)cc1. The van der Waals surface area contributed by atoms with Gasteiger partial charge in [-0.15, -0.1) is 0 Å². The van der Waals surface area contributed by atoms with E-state index in [2.05, 4.69) is 5.32 Å². The number of carbonyl (C=O) groups excluding carboxylic acids is 1. The van der Waals surface area contributed by atoms with E-state index in [1.54, 1.807) is 24.3 Å². The molecule has 3 rings (SSSR count). The first-order chi connectivity index (χ1) is 13.4. The predicted octanol–water partition coefficient (Wildman–Crippen LogP) is 5.28. The maximum Gasteiger partial charge on any atom is 0.276 e. The molecule has 0 saturated carbocycles. The van der Waals surface area contributed by atoms with Gasteiger partial charge in [0.1, 0.15) is 28.8 Å². The number of hydrogen-bond donors (Lipinski definition) is 1. The molecule has 142 valence electrons. The molecule has 3 aromatic rings. The second kappa shape index (κ2) is 8.17. The van der Waals surface area contributed by atoms with Gasteiger partial charge in [-0.25, -0.2) is 4.39 Å². The van der Waals surface area contributed by atoms with Crippen LogP contribution in [0.15, 0.2) is 66.7 Å². The summed E-state index contributed by atoms with van der Waals surface area (Å²) in [7, 11) is 0. The summed E-state index contributed by atoms with van der Waals surface area (Å²) < 4.78 is 24.2. The molecule has 0 heterocycles. The molecule has 0 fully saturated rings. The highest BCUT2D eigenvalue weighted by molar-refractivity contribution is 5.88. The molecule has 28 heavy (non-hydrogen) atoms. The molecule has 0 aliphatic rings. The van der Waals surface area contributed by atoms with Gasteiger partial charge in [0, 0.05) is 18.7 Å². The zero-order valence-corrected chi connectivity index (χ0v) is 14.7. The van der Waals surface area contributed by atoms with E-state index in [0.29, 0.717) is 17.2 Å². The predicted molar refractivity (Wildman–Crippen MR) is 100 cm³/mol. The Morgan fingerprint density at radius 3 is 1.86 bits per heavy atom. The lowest BCUT2D eigenvalue weighted by atomic mass is 10.2. The standard InChI is InChI=1S/C20H15FN2O5/c1-13(24)22-15-4-8-18(9-5-15)28-20-11-16(23(25)26)10-19(12-20)27-17-6-2-14(21)3-7-17/h2-12H,1H3,(H,22,24). The summed E-state index contributed by atoms with van der Waals surface area (Å²) in [5.74, 6) is 0.493. The molecule has 0 aliphatic carbocycles. The van der Waals surface area contributed by atoms with E-state index in [1.807, 2.05) is 0 Å². The van der Waals surface area contributed by atoms with E-state index < -0.39 is 10.7 Å². The molecule has 0 unspecified atom stereocenters. The highest BCUT2D eigenvalue weighted by Gasteiger charge is 2.13. The van der Waals surface area contributed by atoms with Crippen molar-refractivity contribution in [1.29, 1.82) is 0 Å². The Morgan fingerprint density at radius 2 is 1.39 bits per heavy atom. The average Bonchev–Trinajstić information content (AvgIpc) is 2.64. The molecular weight excluding hydrogens is 367 g/mol. The zero-order valence-electron chi connectivity index (χ0n) is 14.7. The Bertz CT molecular complexity index is 1000. The lowest BCUT2D eigenvalue weighted by Crippen LogP contribution is -2.05. The van der Waals surface area contributed by atoms with Crippen molar-refractivity contribution in [1.82, 2.24) is 0 Å². The van der Waals surface area contributed by atoms with E-state index in [4.69, 9.17) is 9.47 Å². The molecule has 0 radical (unpaired) electrons. The third-order valence-corrected chi connectivity index (χ3v) is 3.54. The van der Waals surface area contributed by atoms with Crippen LogP contribution in [0.2, 0.25) is 0 Å². The topological polar surface area (TPSA) is 90.7 Å². The number of nitro groups is 1. The monoisotopic (exact) mass is 382 g/mol. The van der Waals surface area contributed by atoms with Crippen molar-refractivity contribution >= 4 is 17.3 Å². The normalized spacial score (nSPS) is 10.2. The molecule has 7 nitrogen and oxygen atoms in total. The van der Waals surface area contributed by atoms with Crippen LogP contribution in [0.5, 0.6) is 23.0 Å². The number of amides is 1. The summed E-state index contributed by atoms with van der Waals surface area (Å²) in [5.41, 5.74) is 0.378. The summed E-state index contributed by atoms with van der Waals surface area (Å²) in [4.78, 5) is 21.7. The van der Waals surface area contributed by atoms with Crippen molar-refractivity contribution in [2.75, 3.05) is 5.32 Å². The Kier molecular flexibility index (Phi) is 5.50. The Morgan fingerprint density at radius 1 is 0.893 bits per heavy atom. The number of nitrogens with one attached hydrogen (secondary N) is 1. The number of carbonyl (C=O) groups is 1. The maximum atomic E-state index is 13.0. The van der Waals surface area contributed by atoms with E-state index in [-0.39, 0.29) is 23.1 Å². The van der Waals surface area contributed by atoms with Crippen LogP contribution in [0.4, 0.5) is 15.8 Å². The van der Waals surface area contributed by atoms with Crippen molar-refractivity contribution in [3.05, 3.63) is 82.7 Å². The summed E-state index contributed by atoms with van der Waals surface area (Å²) in [6, 6.07) is 15.8. The third-order valence-electron chi connectivity index (χ3n) is 3.54. The fourth-order valence-corrected chi connectivity index (χ4v) is 2.36. The number of halogens is 1. The smallest absolute Gasteiger partial charge is 0.276 e. The summed E-state index contributed by atoms with van der Waals surface area (Å²) >= 11 is 0. The van der Waals surface area contributed by atoms with E-state index in [0.717, 1.165) is 0 Å². The molecule has 0 saturated heterocycles. The van der Waals surface area contributed by atoms with Crippen LogP contribution in [-0.2, 0) is 4.79 Å². The van der Waals surface area contributed by atoms with E-state index in [1.165, 1.54) is 49.4 Å². The number of anilines is 1. The molecule has 3 aromatic carbocycles. The minimum atomic E-state index is -0.565. The van der Waals surface area contributed by atoms with Crippen molar-refractivity contribution in [2.45, 2.75) is 6.92 Å². The highest BCUT2D eigenvalue weighted by atomic mass is 19.1. The number of benzene rings is 3. The minimum absolute atomic E-state index is 0.172. The quantitative estimate of drug-likeness (QED) is 0.463. The first-order valence-electron chi connectivity index (χ1n) is 8.17. The van der Waals surface area contributed by atoms with Crippen LogP contribution in [0, 0.1) is 15.9 Å². The number of hydrogen-bond acceptors (Lipinski definition) is 5. The van der Waals surface area contributed by atoms with Gasteiger partial charge in [-0.1, -0.05) is 0 Å². The first-order valence-corrected chi connectivity index (χ1v) is 8.17. The number of nitrogens with zero attached hydrogens (tertiary/aromatic N) is 1. The second-order valence-corrected chi connectivity index (χ2v) is 5.78. The molecule has 0 atom stereocenters. The zero-order chi connectivity index (χ0) is 20.1. The molecule has 1 N–H and O–H groups in total. The van der Waals surface area contributed by atoms with Gasteiger partial charge in [0.2, 0.25) is 5.91 Å². The van der Waals surface area contributed by atoms with Gasteiger partial charge < -0.3 is 14.8 Å². The summed E-state index contributed by atoms with van der Waals surface area (Å²) in [6.07, 6.45) is 0. The summed E-state index contributed by atoms with van der Waals surface area (Å²) in [5, 5.41) is 13.8. The van der Waals surface area contributed by atoms with Gasteiger partial charge >= 0.3 is 0 Å². The number of nitro benzene ring substituents is 1. The van der Waals surface area contributed by atoms with E-state index >= 15 is 0 Å². The average molecular weight is 382 g/mol. The van der Waals surface area contributed by atoms with Crippen LogP contribution in [0.25, 0.3) is 0 Å². The Hall–Kier alpha value is -3.94. The van der Waals surface area contributed by atoms with Crippen molar-refractivity contribution in [3.8, 4) is 23.0 Å². The molecule has 1 amide bonds. The van der Waals surface area contributed by atoms with Crippen LogP contribution >= 0.6 is 0 Å². The molecule has 0 aliphatic heterocycles. The molecule has 0 aromatic heterocycles. The van der Waals surface area contributed by atoms with Gasteiger partial charge in [-0.05, 0) is 48.5 Å². The Balaban J connectivity index is 1.83. The molecule has 8 heteroatoms. The minimum Gasteiger partial charge on any atom is -0.457 e. The number of rotatable bonds is 6. The number of non-ortho nitro benzene ring substituents is 1. The molecule has 0 spiro atoms. The fourth-order valence-electron chi connectivity index (χ4n) is 2.36. The largest absolute Gasteiger partial charge is 0.457 e. The molecular formula is C20H15FN2O5. The van der Waals surface area contributed by atoms with Crippen LogP contribution in [-0.4, -0.2) is 10.8 Å². The Labute approximate surface area is 159 Å². The van der Waals surface area contributed by atoms with Crippen molar-refractivity contribution < 1.29 is 23.6 Å². The maximum absolute atomic E-state index is 13.0. The van der Waals surface area contributed by atoms with Crippen molar-refractivity contribution in [2.24, 2.45) is 0 Å². The van der Waals surface area contributed by atoms with Crippen LogP contribution < -0.4 is 14.8 Å². The van der Waals surface area contributed by atoms with Gasteiger partial charge in [0.05, 0.1) is 17.1 Å². The lowest BCUT2D eigenvalue weighted by molar-refractivity contribution is -0.385. The number of ether oxygens (including phenoxy) is 2. The lowest BCUT2D eigenvalue weighted by Gasteiger charge is -2.10. The second-order valence-electron chi connectivity index (χ2n) is 5.78. The highest BCUT2D eigenvalue weighted by Crippen LogP contribution is 2.33. The van der Waals surface area contributed by atoms with Gasteiger partial charge in [0.15, 0.2) is 0 Å². The summed E-state index contributed by atoms with van der Waals surface area (Å²) in [6.45, 7) is 1.40. The van der Waals surface area contributed by atoms with Gasteiger partial charge in [-0.2, -0.15) is 0 Å². The fraction of sp³-hybridized carbons (Fsp3) is 0.0500. The first kappa shape index (κ1) is 18.8. The van der Waals surface area contributed by atoms with Crippen LogP contribution in [0.3, 0.4) is 0 Å². The third kappa shape index (κ3) is 5.04. The van der Waals surface area contributed by atoms with Gasteiger partial charge in [0.25, 0.3) is 5.69 Å². The van der Waals surface area contributed by atoms with Crippen LogP contribution in [0.1, 0.15) is 6.92 Å². The van der Waals surface area contributed by atoms with E-state index in [9.17, 15) is 19.3 Å². The molecule has 0 bridgehead atoms. The van der Waals surface area contributed by atoms with Crippen molar-refractivity contribution in [3.63, 3.8) is 0 Å².